The van der Waals surface area contributed by atoms with Crippen LogP contribution in [0.4, 0.5) is 11.4 Å². The molecule has 0 spiro atoms. The molecule has 2 aliphatic heterocycles. The Kier molecular flexibility index (Phi) is 6.47. The normalized spacial score (nSPS) is 19.3. The van der Waals surface area contributed by atoms with Gasteiger partial charge in [0.15, 0.2) is 0 Å². The summed E-state index contributed by atoms with van der Waals surface area (Å²) in [5.74, 6) is -0.497. The van der Waals surface area contributed by atoms with Crippen molar-refractivity contribution >= 4 is 27.3 Å². The Morgan fingerprint density at radius 2 is 1.69 bits per heavy atom. The second-order valence-corrected chi connectivity index (χ2v) is 8.36. The standard InChI is InChI=1S/C17H25N3O5S/c21-17(4-13-26(22,23)20-7-11-25-12-8-20)18-15-2-1-3-16(14-15)19-5-9-24-10-6-19/h1-3,14H,4-13H2,(H,18,21). The summed E-state index contributed by atoms with van der Waals surface area (Å²) in [5, 5.41) is 2.79. The van der Waals surface area contributed by atoms with Crippen LogP contribution in [0.2, 0.25) is 0 Å². The van der Waals surface area contributed by atoms with Crippen LogP contribution in [-0.4, -0.2) is 77.0 Å². The van der Waals surface area contributed by atoms with Gasteiger partial charge in [-0.2, -0.15) is 4.31 Å². The molecular formula is C17H25N3O5S. The minimum absolute atomic E-state index is 0.0680. The summed E-state index contributed by atoms with van der Waals surface area (Å²) in [6.07, 6.45) is -0.0680. The van der Waals surface area contributed by atoms with Gasteiger partial charge in [0.05, 0.1) is 32.2 Å². The first-order valence-electron chi connectivity index (χ1n) is 8.83. The van der Waals surface area contributed by atoms with Crippen LogP contribution in [0.5, 0.6) is 0 Å². The summed E-state index contributed by atoms with van der Waals surface area (Å²) >= 11 is 0. The average molecular weight is 383 g/mol. The molecule has 0 bridgehead atoms. The van der Waals surface area contributed by atoms with Gasteiger partial charge in [0.2, 0.25) is 15.9 Å². The lowest BCUT2D eigenvalue weighted by atomic mass is 10.2. The minimum Gasteiger partial charge on any atom is -0.379 e. The van der Waals surface area contributed by atoms with Crippen LogP contribution in [0, 0.1) is 0 Å². The third-order valence-electron chi connectivity index (χ3n) is 4.46. The monoisotopic (exact) mass is 383 g/mol. The number of carbonyl (C=O) groups is 1. The van der Waals surface area contributed by atoms with Gasteiger partial charge in [-0.1, -0.05) is 6.07 Å². The number of nitrogens with one attached hydrogen (secondary N) is 1. The van der Waals surface area contributed by atoms with Crippen molar-refractivity contribution in [3.63, 3.8) is 0 Å². The largest absolute Gasteiger partial charge is 0.379 e. The highest BCUT2D eigenvalue weighted by Gasteiger charge is 2.24. The van der Waals surface area contributed by atoms with E-state index >= 15 is 0 Å². The molecule has 1 N–H and O–H groups in total. The fourth-order valence-electron chi connectivity index (χ4n) is 3.00. The highest BCUT2D eigenvalue weighted by Crippen LogP contribution is 2.20. The van der Waals surface area contributed by atoms with Crippen molar-refractivity contribution in [2.45, 2.75) is 6.42 Å². The quantitative estimate of drug-likeness (QED) is 0.770. The number of rotatable bonds is 6. The predicted molar refractivity (Wildman–Crippen MR) is 98.9 cm³/mol. The molecule has 0 radical (unpaired) electrons. The molecule has 2 fully saturated rings. The minimum atomic E-state index is -3.43. The Hall–Kier alpha value is -1.68. The first-order chi connectivity index (χ1) is 12.5. The van der Waals surface area contributed by atoms with Crippen molar-refractivity contribution in [3.05, 3.63) is 24.3 Å². The Labute approximate surface area is 154 Å². The van der Waals surface area contributed by atoms with Crippen molar-refractivity contribution < 1.29 is 22.7 Å². The maximum absolute atomic E-state index is 12.3. The molecule has 8 nitrogen and oxygen atoms in total. The van der Waals surface area contributed by atoms with Gasteiger partial charge in [-0.25, -0.2) is 8.42 Å². The number of morpholine rings is 2. The third kappa shape index (κ3) is 5.16. The van der Waals surface area contributed by atoms with Crippen LogP contribution in [-0.2, 0) is 24.3 Å². The third-order valence-corrected chi connectivity index (χ3v) is 6.33. The Morgan fingerprint density at radius 1 is 1.04 bits per heavy atom. The molecular weight excluding hydrogens is 358 g/mol. The number of hydrogen-bond acceptors (Lipinski definition) is 6. The summed E-state index contributed by atoms with van der Waals surface area (Å²) in [6.45, 7) is 4.52. The summed E-state index contributed by atoms with van der Waals surface area (Å²) in [5.41, 5.74) is 1.69. The molecule has 1 amide bonds. The Morgan fingerprint density at radius 3 is 2.38 bits per heavy atom. The zero-order valence-corrected chi connectivity index (χ0v) is 15.5. The second kappa shape index (κ2) is 8.81. The fraction of sp³-hybridized carbons (Fsp3) is 0.588. The van der Waals surface area contributed by atoms with E-state index in [1.54, 1.807) is 6.07 Å². The number of nitrogens with zero attached hydrogens (tertiary/aromatic N) is 2. The van der Waals surface area contributed by atoms with Crippen molar-refractivity contribution in [2.75, 3.05) is 68.6 Å². The Balaban J connectivity index is 1.53. The maximum atomic E-state index is 12.3. The molecule has 2 saturated heterocycles. The molecule has 0 unspecified atom stereocenters. The van der Waals surface area contributed by atoms with E-state index in [2.05, 4.69) is 10.2 Å². The summed E-state index contributed by atoms with van der Waals surface area (Å²) in [4.78, 5) is 14.4. The van der Waals surface area contributed by atoms with Gasteiger partial charge < -0.3 is 19.7 Å². The molecule has 144 valence electrons. The second-order valence-electron chi connectivity index (χ2n) is 6.28. The van der Waals surface area contributed by atoms with E-state index in [0.717, 1.165) is 18.8 Å². The lowest BCUT2D eigenvalue weighted by Gasteiger charge is -2.29. The molecule has 3 rings (SSSR count). The number of benzene rings is 1. The van der Waals surface area contributed by atoms with Gasteiger partial charge in [-0.3, -0.25) is 4.79 Å². The van der Waals surface area contributed by atoms with Crippen molar-refractivity contribution in [2.24, 2.45) is 0 Å². The zero-order chi connectivity index (χ0) is 18.4. The topological polar surface area (TPSA) is 88.2 Å². The summed E-state index contributed by atoms with van der Waals surface area (Å²) in [7, 11) is -3.43. The number of hydrogen-bond donors (Lipinski definition) is 1. The molecule has 26 heavy (non-hydrogen) atoms. The van der Waals surface area contributed by atoms with E-state index in [1.807, 2.05) is 18.2 Å². The van der Waals surface area contributed by atoms with Crippen LogP contribution in [0.25, 0.3) is 0 Å². The molecule has 2 heterocycles. The van der Waals surface area contributed by atoms with Crippen molar-refractivity contribution in [3.8, 4) is 0 Å². The van der Waals surface area contributed by atoms with E-state index in [-0.39, 0.29) is 18.1 Å². The average Bonchev–Trinajstić information content (AvgIpc) is 2.68. The smallest absolute Gasteiger partial charge is 0.225 e. The van der Waals surface area contributed by atoms with Crippen molar-refractivity contribution in [1.29, 1.82) is 0 Å². The maximum Gasteiger partial charge on any atom is 0.225 e. The highest BCUT2D eigenvalue weighted by molar-refractivity contribution is 7.89. The first-order valence-corrected chi connectivity index (χ1v) is 10.4. The molecule has 0 aromatic heterocycles. The zero-order valence-electron chi connectivity index (χ0n) is 14.7. The number of amides is 1. The van der Waals surface area contributed by atoms with Crippen LogP contribution in [0.15, 0.2) is 24.3 Å². The van der Waals surface area contributed by atoms with Crippen LogP contribution < -0.4 is 10.2 Å². The molecule has 0 aliphatic carbocycles. The molecule has 1 aromatic carbocycles. The summed E-state index contributed by atoms with van der Waals surface area (Å²) < 4.78 is 36.5. The van der Waals surface area contributed by atoms with Crippen LogP contribution in [0.3, 0.4) is 0 Å². The molecule has 0 atom stereocenters. The van der Waals surface area contributed by atoms with E-state index in [0.29, 0.717) is 45.2 Å². The van der Waals surface area contributed by atoms with Crippen LogP contribution in [0.1, 0.15) is 6.42 Å². The SMILES string of the molecule is O=C(CCS(=O)(=O)N1CCOCC1)Nc1cccc(N2CCOCC2)c1. The highest BCUT2D eigenvalue weighted by atomic mass is 32.2. The molecule has 1 aromatic rings. The van der Waals surface area contributed by atoms with Crippen LogP contribution >= 0.6 is 0 Å². The van der Waals surface area contributed by atoms with E-state index in [1.165, 1.54) is 4.31 Å². The van der Waals surface area contributed by atoms with Gasteiger partial charge >= 0.3 is 0 Å². The number of sulfonamides is 1. The van der Waals surface area contributed by atoms with Gasteiger partial charge in [-0.15, -0.1) is 0 Å². The van der Waals surface area contributed by atoms with Gasteiger partial charge in [0.25, 0.3) is 0 Å². The molecule has 2 aliphatic rings. The van der Waals surface area contributed by atoms with Gasteiger partial charge in [0, 0.05) is 44.0 Å². The van der Waals surface area contributed by atoms with E-state index < -0.39 is 10.0 Å². The summed E-state index contributed by atoms with van der Waals surface area (Å²) in [6, 6.07) is 7.58. The number of carbonyl (C=O) groups excluding carboxylic acids is 1. The molecule has 0 saturated carbocycles. The number of anilines is 2. The first kappa shape index (κ1) is 19.1. The lowest BCUT2D eigenvalue weighted by molar-refractivity contribution is -0.115. The van der Waals surface area contributed by atoms with Crippen molar-refractivity contribution in [1.82, 2.24) is 4.31 Å². The number of ether oxygens (including phenoxy) is 2. The fourth-order valence-corrected chi connectivity index (χ4v) is 4.41. The Bertz CT molecular complexity index is 713. The van der Waals surface area contributed by atoms with Gasteiger partial charge in [0.1, 0.15) is 0 Å². The van der Waals surface area contributed by atoms with E-state index in [9.17, 15) is 13.2 Å². The predicted octanol–water partition coefficient (Wildman–Crippen LogP) is 0.514. The van der Waals surface area contributed by atoms with E-state index in [4.69, 9.17) is 9.47 Å². The molecule has 9 heteroatoms. The lowest BCUT2D eigenvalue weighted by Crippen LogP contribution is -2.42. The van der Waals surface area contributed by atoms with Gasteiger partial charge in [-0.05, 0) is 18.2 Å².